The van der Waals surface area contributed by atoms with Gasteiger partial charge in [0.15, 0.2) is 0 Å². The van der Waals surface area contributed by atoms with Crippen LogP contribution in [0.15, 0.2) is 30.3 Å². The third-order valence-electron chi connectivity index (χ3n) is 2.01. The van der Waals surface area contributed by atoms with Gasteiger partial charge in [-0.05, 0) is 5.56 Å². The summed E-state index contributed by atoms with van der Waals surface area (Å²) in [5, 5.41) is 19.3. The highest BCUT2D eigenvalue weighted by Crippen LogP contribution is 2.31. The second kappa shape index (κ2) is 4.92. The number of aliphatic hydroxyl groups is 1. The maximum Gasteiger partial charge on any atom is 0.135 e. The molecule has 14 heavy (non-hydrogen) atoms. The highest BCUT2D eigenvalue weighted by molar-refractivity contribution is 9.10. The van der Waals surface area contributed by atoms with Gasteiger partial charge in [0, 0.05) is 5.33 Å². The Morgan fingerprint density at radius 3 is 2.43 bits per heavy atom. The molecule has 0 heterocycles. The topological polar surface area (TPSA) is 44.0 Å². The third-order valence-corrected chi connectivity index (χ3v) is 3.83. The molecule has 1 rings (SSSR count). The van der Waals surface area contributed by atoms with E-state index in [0.717, 1.165) is 5.56 Å². The third kappa shape index (κ3) is 2.17. The van der Waals surface area contributed by atoms with Crippen molar-refractivity contribution in [1.82, 2.24) is 0 Å². The number of nitrogens with zero attached hydrogens (tertiary/aromatic N) is 1. The van der Waals surface area contributed by atoms with Crippen LogP contribution in [0.5, 0.6) is 0 Å². The molecule has 0 radical (unpaired) electrons. The highest BCUT2D eigenvalue weighted by atomic mass is 79.9. The van der Waals surface area contributed by atoms with E-state index in [4.69, 9.17) is 5.26 Å². The van der Waals surface area contributed by atoms with Gasteiger partial charge in [-0.25, -0.2) is 0 Å². The van der Waals surface area contributed by atoms with E-state index in [9.17, 15) is 5.11 Å². The van der Waals surface area contributed by atoms with E-state index >= 15 is 0 Å². The molecule has 2 atom stereocenters. The largest absolute Gasteiger partial charge is 0.382 e. The average molecular weight is 319 g/mol. The number of rotatable bonds is 3. The SMILES string of the molecule is N#CC(Br)C(O)(CBr)c1ccccc1. The number of hydrogen-bond acceptors (Lipinski definition) is 2. The molecule has 0 fully saturated rings. The van der Waals surface area contributed by atoms with E-state index in [1.165, 1.54) is 0 Å². The second-order valence-corrected chi connectivity index (χ2v) is 4.39. The molecule has 0 amide bonds. The predicted molar refractivity (Wildman–Crippen MR) is 62.5 cm³/mol. The molecule has 0 aliphatic heterocycles. The molecule has 0 aromatic heterocycles. The van der Waals surface area contributed by atoms with Gasteiger partial charge >= 0.3 is 0 Å². The van der Waals surface area contributed by atoms with Crippen molar-refractivity contribution in [2.24, 2.45) is 0 Å². The van der Waals surface area contributed by atoms with Gasteiger partial charge in [-0.2, -0.15) is 5.26 Å². The Bertz CT molecular complexity index is 336. The Morgan fingerprint density at radius 1 is 1.43 bits per heavy atom. The zero-order valence-corrected chi connectivity index (χ0v) is 10.5. The number of halogens is 2. The molecule has 0 aliphatic rings. The van der Waals surface area contributed by atoms with E-state index in [-0.39, 0.29) is 0 Å². The first kappa shape index (κ1) is 11.7. The lowest BCUT2D eigenvalue weighted by Gasteiger charge is -2.27. The number of alkyl halides is 2. The lowest BCUT2D eigenvalue weighted by Crippen LogP contribution is -2.36. The van der Waals surface area contributed by atoms with Crippen molar-refractivity contribution in [2.75, 3.05) is 5.33 Å². The first-order valence-electron chi connectivity index (χ1n) is 4.02. The van der Waals surface area contributed by atoms with Crippen LogP contribution in [0.2, 0.25) is 0 Å². The summed E-state index contributed by atoms with van der Waals surface area (Å²) in [6.07, 6.45) is 0. The minimum absolute atomic E-state index is 0.313. The Kier molecular flexibility index (Phi) is 4.11. The van der Waals surface area contributed by atoms with Gasteiger partial charge in [-0.1, -0.05) is 62.2 Å². The van der Waals surface area contributed by atoms with Crippen LogP contribution in [0.3, 0.4) is 0 Å². The predicted octanol–water partition coefficient (Wildman–Crippen LogP) is 2.56. The molecule has 0 saturated carbocycles. The zero-order valence-electron chi connectivity index (χ0n) is 7.32. The van der Waals surface area contributed by atoms with E-state index in [2.05, 4.69) is 31.9 Å². The smallest absolute Gasteiger partial charge is 0.135 e. The van der Waals surface area contributed by atoms with Crippen LogP contribution in [0, 0.1) is 11.3 Å². The van der Waals surface area contributed by atoms with E-state index < -0.39 is 10.4 Å². The van der Waals surface area contributed by atoms with E-state index in [0.29, 0.717) is 5.33 Å². The summed E-state index contributed by atoms with van der Waals surface area (Å²) in [5.74, 6) is 0. The minimum Gasteiger partial charge on any atom is -0.382 e. The highest BCUT2D eigenvalue weighted by Gasteiger charge is 2.36. The molecule has 0 saturated heterocycles. The number of nitriles is 1. The average Bonchev–Trinajstić information content (AvgIpc) is 2.28. The van der Waals surface area contributed by atoms with Crippen LogP contribution in [-0.4, -0.2) is 15.3 Å². The molecule has 1 aromatic carbocycles. The van der Waals surface area contributed by atoms with Crippen molar-refractivity contribution in [3.8, 4) is 6.07 Å². The summed E-state index contributed by atoms with van der Waals surface area (Å²) in [7, 11) is 0. The van der Waals surface area contributed by atoms with Crippen LogP contribution in [-0.2, 0) is 5.60 Å². The fourth-order valence-corrected chi connectivity index (χ4v) is 2.63. The maximum atomic E-state index is 10.2. The van der Waals surface area contributed by atoms with Crippen LogP contribution in [0.4, 0.5) is 0 Å². The van der Waals surface area contributed by atoms with Crippen molar-refractivity contribution in [1.29, 1.82) is 5.26 Å². The normalized spacial score (nSPS) is 16.7. The second-order valence-electron chi connectivity index (χ2n) is 2.92. The molecule has 0 aliphatic carbocycles. The first-order chi connectivity index (χ1) is 6.65. The van der Waals surface area contributed by atoms with Crippen molar-refractivity contribution in [2.45, 2.75) is 10.4 Å². The lowest BCUT2D eigenvalue weighted by molar-refractivity contribution is 0.0762. The molecule has 74 valence electrons. The van der Waals surface area contributed by atoms with Gasteiger partial charge in [-0.15, -0.1) is 0 Å². The summed E-state index contributed by atoms with van der Waals surface area (Å²) in [5.41, 5.74) is -0.462. The van der Waals surface area contributed by atoms with E-state index in [1.807, 2.05) is 24.3 Å². The Hall–Kier alpha value is -0.370. The van der Waals surface area contributed by atoms with Crippen LogP contribution >= 0.6 is 31.9 Å². The van der Waals surface area contributed by atoms with Crippen molar-refractivity contribution in [3.05, 3.63) is 35.9 Å². The Morgan fingerprint density at radius 2 is 2.00 bits per heavy atom. The Labute approximate surface area is 99.8 Å². The molecule has 0 bridgehead atoms. The summed E-state index contributed by atoms with van der Waals surface area (Å²) in [6, 6.07) is 11.1. The standard InChI is InChI=1S/C10H9Br2NO/c11-7-10(14,9(12)6-13)8-4-2-1-3-5-8/h1-5,9,14H,7H2. The van der Waals surface area contributed by atoms with Crippen molar-refractivity contribution < 1.29 is 5.11 Å². The summed E-state index contributed by atoms with van der Waals surface area (Å²) >= 11 is 6.37. The molecule has 4 heteroatoms. The van der Waals surface area contributed by atoms with Crippen molar-refractivity contribution >= 4 is 31.9 Å². The number of benzene rings is 1. The number of hydrogen-bond donors (Lipinski definition) is 1. The minimum atomic E-state index is -1.18. The summed E-state index contributed by atoms with van der Waals surface area (Å²) in [6.45, 7) is 0. The molecular weight excluding hydrogens is 310 g/mol. The van der Waals surface area contributed by atoms with Gasteiger partial charge in [0.05, 0.1) is 6.07 Å². The maximum absolute atomic E-state index is 10.2. The Balaban J connectivity index is 3.09. The van der Waals surface area contributed by atoms with Crippen LogP contribution in [0.1, 0.15) is 5.56 Å². The summed E-state index contributed by atoms with van der Waals surface area (Å²) in [4.78, 5) is -0.628. The van der Waals surface area contributed by atoms with E-state index in [1.54, 1.807) is 12.1 Å². The van der Waals surface area contributed by atoms with Gasteiger partial charge in [0.2, 0.25) is 0 Å². The summed E-state index contributed by atoms with van der Waals surface area (Å²) < 4.78 is 0. The quantitative estimate of drug-likeness (QED) is 0.870. The first-order valence-corrected chi connectivity index (χ1v) is 6.06. The van der Waals surface area contributed by atoms with Gasteiger partial charge in [-0.3, -0.25) is 0 Å². The van der Waals surface area contributed by atoms with Gasteiger partial charge < -0.3 is 5.11 Å². The molecule has 2 nitrogen and oxygen atoms in total. The fourth-order valence-electron chi connectivity index (χ4n) is 1.12. The van der Waals surface area contributed by atoms with Gasteiger partial charge in [0.1, 0.15) is 10.4 Å². The monoisotopic (exact) mass is 317 g/mol. The van der Waals surface area contributed by atoms with Gasteiger partial charge in [0.25, 0.3) is 0 Å². The molecule has 1 aromatic rings. The van der Waals surface area contributed by atoms with Crippen molar-refractivity contribution in [3.63, 3.8) is 0 Å². The molecule has 0 spiro atoms. The van der Waals surface area contributed by atoms with Crippen LogP contribution in [0.25, 0.3) is 0 Å². The zero-order chi connectivity index (χ0) is 10.6. The molecule has 1 N–H and O–H groups in total. The molecular formula is C10H9Br2NO. The fraction of sp³-hybridized carbons (Fsp3) is 0.300. The molecule has 2 unspecified atom stereocenters. The lowest BCUT2D eigenvalue weighted by atomic mass is 9.93. The van der Waals surface area contributed by atoms with Crippen LogP contribution < -0.4 is 0 Å².